The Hall–Kier alpha value is -5.68. The molecule has 1 N–H and O–H groups in total. The Kier molecular flexibility index (Phi) is 22.9. The van der Waals surface area contributed by atoms with Gasteiger partial charge < -0.3 is 62.5 Å². The number of carbonyl (C=O) groups excluding carboxylic acids is 3. The summed E-state index contributed by atoms with van der Waals surface area (Å²) in [6.07, 6.45) is 12.6. The highest BCUT2D eigenvalue weighted by Crippen LogP contribution is 2.41. The maximum Gasteiger partial charge on any atom is 0.257 e. The van der Waals surface area contributed by atoms with Crippen molar-refractivity contribution in [2.24, 2.45) is 9.98 Å². The Bertz CT molecular complexity index is 2480. The number of aromatic nitrogens is 1. The molecule has 2 atom stereocenters. The molecule has 0 saturated carbocycles. The number of rotatable bonds is 32. The smallest absolute Gasteiger partial charge is 0.257 e. The number of pyridine rings is 1. The van der Waals surface area contributed by atoms with E-state index in [1.54, 1.807) is 58.0 Å². The van der Waals surface area contributed by atoms with Crippen molar-refractivity contribution in [1.82, 2.24) is 20.1 Å². The summed E-state index contributed by atoms with van der Waals surface area (Å²) in [7, 11) is 6.57. The molecule has 2 fully saturated rings. The number of aliphatic imine (C=N–C) groups is 2. The largest absolute Gasteiger partial charge is 0.493 e. The van der Waals surface area contributed by atoms with Gasteiger partial charge in [-0.05, 0) is 65.3 Å². The molecule has 77 heavy (non-hydrogen) atoms. The predicted octanol–water partition coefficient (Wildman–Crippen LogP) is 8.16. The molecule has 19 nitrogen and oxygen atoms in total. The summed E-state index contributed by atoms with van der Waals surface area (Å²) >= 11 is 0. The Morgan fingerprint density at radius 2 is 1.10 bits per heavy atom. The number of amides is 3. The fraction of sp³-hybridized carbons (Fsp3) is 0.536. The molecular weight excluding hydrogens is 1030 g/mol. The number of nitrogens with zero attached hydrogens (tertiary/aromatic N) is 5. The fourth-order valence-electron chi connectivity index (χ4n) is 8.92. The van der Waals surface area contributed by atoms with Gasteiger partial charge in [0.05, 0.1) is 126 Å². The fourth-order valence-corrected chi connectivity index (χ4v) is 11.2. The van der Waals surface area contributed by atoms with E-state index in [9.17, 15) is 14.4 Å². The van der Waals surface area contributed by atoms with Crippen LogP contribution in [0.4, 0.5) is 11.4 Å². The lowest BCUT2D eigenvalue weighted by atomic mass is 10.1. The number of benzene rings is 2. The Labute approximate surface area is 460 Å². The van der Waals surface area contributed by atoms with Crippen LogP contribution in [-0.4, -0.2) is 175 Å². The van der Waals surface area contributed by atoms with Crippen molar-refractivity contribution < 1.29 is 61.8 Å². The Morgan fingerprint density at radius 3 is 1.55 bits per heavy atom. The van der Waals surface area contributed by atoms with E-state index in [0.717, 1.165) is 19.3 Å². The zero-order valence-electron chi connectivity index (χ0n) is 45.4. The van der Waals surface area contributed by atoms with E-state index >= 15 is 0 Å². The molecule has 0 aliphatic carbocycles. The van der Waals surface area contributed by atoms with E-state index in [1.807, 2.05) is 42.3 Å². The van der Waals surface area contributed by atoms with Gasteiger partial charge in [0.25, 0.3) is 11.8 Å². The summed E-state index contributed by atoms with van der Waals surface area (Å²) in [5.74, 6) is 1.89. The third-order valence-corrected chi connectivity index (χ3v) is 15.8. The van der Waals surface area contributed by atoms with E-state index < -0.39 is 0 Å². The number of allylic oxidation sites excluding steroid dienone is 2. The molecule has 1 aromatic heterocycles. The molecule has 418 valence electrons. The van der Waals surface area contributed by atoms with Crippen molar-refractivity contribution in [2.45, 2.75) is 83.4 Å². The Balaban J connectivity index is 0.867. The minimum absolute atomic E-state index is 0.0160. The molecule has 3 aromatic rings. The lowest BCUT2D eigenvalue weighted by Crippen LogP contribution is -2.35. The van der Waals surface area contributed by atoms with E-state index in [0.29, 0.717) is 155 Å². The highest BCUT2D eigenvalue weighted by Gasteiger charge is 2.36. The third kappa shape index (κ3) is 17.2. The van der Waals surface area contributed by atoms with Crippen molar-refractivity contribution in [1.29, 1.82) is 0 Å². The maximum atomic E-state index is 13.7. The molecule has 0 bridgehead atoms. The first-order valence-electron chi connectivity index (χ1n) is 26.1. The second kappa shape index (κ2) is 29.9. The van der Waals surface area contributed by atoms with Crippen molar-refractivity contribution in [2.75, 3.05) is 113 Å². The molecule has 0 radical (unpaired) electrons. The van der Waals surface area contributed by atoms with Crippen molar-refractivity contribution in [3.05, 3.63) is 82.2 Å². The first kappa shape index (κ1) is 59.0. The van der Waals surface area contributed by atoms with Crippen LogP contribution in [0.5, 0.6) is 28.7 Å². The lowest BCUT2D eigenvalue weighted by Gasteiger charge is -2.21. The zero-order valence-corrected chi connectivity index (χ0v) is 47.1. The molecule has 2 aromatic carbocycles. The number of hydrogen-bond acceptors (Lipinski definition) is 18. The van der Waals surface area contributed by atoms with Gasteiger partial charge in [-0.1, -0.05) is 44.9 Å². The number of fused-ring (bicyclic) bond motifs is 4. The monoisotopic (exact) mass is 1100 g/mol. The van der Waals surface area contributed by atoms with Crippen LogP contribution in [-0.2, 0) is 41.7 Å². The summed E-state index contributed by atoms with van der Waals surface area (Å²) < 4.78 is 58.6. The van der Waals surface area contributed by atoms with Crippen LogP contribution < -0.4 is 29.0 Å². The average Bonchev–Trinajstić information content (AvgIpc) is 4.00. The highest BCUT2D eigenvalue weighted by atomic mass is 33.1. The zero-order chi connectivity index (χ0) is 54.6. The molecule has 3 amide bonds. The van der Waals surface area contributed by atoms with Crippen LogP contribution in [0.25, 0.3) is 0 Å². The standard InChI is InChI=1S/C56H74N6O13S2/c1-8-38-24-42-32-58-47-30-51(49(66-5)28-45(47)54(64)61(42)34-38)74-36-40-26-44(27-41(60-40)37-75-52-31-48-46(29-50(52)67-6)55(65)62-35-39(9-2)25-43(62)33-59-48)73-23-22-72-21-20-71-19-18-70-17-16-69-15-14-68-13-12-57-53(63)10-11-56(3,4)77-76-7/h8-9,26-33,42-43H,10-25,34-37H2,1-7H3,(H,57,63)/t42-,43-/m0/s1. The van der Waals surface area contributed by atoms with Gasteiger partial charge in [-0.15, -0.1) is 0 Å². The highest BCUT2D eigenvalue weighted by molar-refractivity contribution is 8.76. The average molecular weight is 1100 g/mol. The van der Waals surface area contributed by atoms with Gasteiger partial charge in [0.1, 0.15) is 25.6 Å². The third-order valence-electron chi connectivity index (χ3n) is 13.1. The van der Waals surface area contributed by atoms with Crippen molar-refractivity contribution in [3.8, 4) is 28.7 Å². The quantitative estimate of drug-likeness (QED) is 0.0356. The predicted molar refractivity (Wildman–Crippen MR) is 299 cm³/mol. The molecule has 2 saturated heterocycles. The van der Waals surface area contributed by atoms with Crippen molar-refractivity contribution in [3.63, 3.8) is 0 Å². The minimum atomic E-state index is -0.119. The van der Waals surface area contributed by atoms with Crippen LogP contribution in [0.1, 0.15) is 85.5 Å². The van der Waals surface area contributed by atoms with Crippen LogP contribution in [0.2, 0.25) is 0 Å². The molecule has 5 heterocycles. The number of ether oxygens (including phenoxy) is 10. The minimum Gasteiger partial charge on any atom is -0.493 e. The van der Waals surface area contributed by atoms with E-state index in [1.165, 1.54) is 25.4 Å². The lowest BCUT2D eigenvalue weighted by molar-refractivity contribution is -0.121. The normalized spacial score (nSPS) is 17.8. The summed E-state index contributed by atoms with van der Waals surface area (Å²) in [4.78, 5) is 57.5. The summed E-state index contributed by atoms with van der Waals surface area (Å²) in [6.45, 7) is 14.2. The first-order valence-corrected chi connectivity index (χ1v) is 28.7. The summed E-state index contributed by atoms with van der Waals surface area (Å²) in [6, 6.07) is 10.1. The van der Waals surface area contributed by atoms with Crippen molar-refractivity contribution >= 4 is 63.1 Å². The van der Waals surface area contributed by atoms with Crippen LogP contribution in [0, 0.1) is 0 Å². The number of carbonyl (C=O) groups is 3. The van der Waals surface area contributed by atoms with Gasteiger partial charge in [0, 0.05) is 67.5 Å². The van der Waals surface area contributed by atoms with Crippen LogP contribution >= 0.6 is 21.6 Å². The SMILES string of the molecule is CC=C1C[C@H]2C=Nc3cc(OCc4cc(OCCOCCOCCOCCOCCOCCNC(=O)CCC(C)(C)SSC)cc(COc5cc6c(cc5OC)C(=O)N5CC(=CC)C[C@H]5C=N6)n4)c(OC)cc3C(=O)N2C1. The van der Waals surface area contributed by atoms with E-state index in [2.05, 4.69) is 31.3 Å². The molecule has 4 aliphatic heterocycles. The molecule has 4 aliphatic rings. The summed E-state index contributed by atoms with van der Waals surface area (Å²) in [5.41, 5.74) is 5.33. The number of hydrogen-bond donors (Lipinski definition) is 1. The number of methoxy groups -OCH3 is 2. The first-order chi connectivity index (χ1) is 37.4. The van der Waals surface area contributed by atoms with E-state index in [4.69, 9.17) is 62.3 Å². The molecular formula is C56H74N6O13S2. The molecule has 0 spiro atoms. The Morgan fingerprint density at radius 1 is 0.649 bits per heavy atom. The molecule has 0 unspecified atom stereocenters. The van der Waals surface area contributed by atoms with E-state index in [-0.39, 0.29) is 54.4 Å². The van der Waals surface area contributed by atoms with Gasteiger partial charge in [-0.2, -0.15) is 0 Å². The van der Waals surface area contributed by atoms with Crippen LogP contribution in [0.15, 0.2) is 69.7 Å². The van der Waals surface area contributed by atoms with Gasteiger partial charge in [0.2, 0.25) is 5.91 Å². The second-order valence-corrected chi connectivity index (χ2v) is 22.1. The second-order valence-electron chi connectivity index (χ2n) is 19.0. The van der Waals surface area contributed by atoms with Gasteiger partial charge >= 0.3 is 0 Å². The molecule has 7 rings (SSSR count). The van der Waals surface area contributed by atoms with Crippen LogP contribution in [0.3, 0.4) is 0 Å². The summed E-state index contributed by atoms with van der Waals surface area (Å²) in [5, 5.41) is 2.90. The maximum absolute atomic E-state index is 13.7. The number of nitrogens with one attached hydrogen (secondary N) is 1. The molecule has 21 heteroatoms. The van der Waals surface area contributed by atoms with Gasteiger partial charge in [0.15, 0.2) is 23.0 Å². The topological polar surface area (TPSA) is 200 Å². The van der Waals surface area contributed by atoms with Gasteiger partial charge in [-0.25, -0.2) is 0 Å². The van der Waals surface area contributed by atoms with Gasteiger partial charge in [-0.3, -0.25) is 29.4 Å².